The Bertz CT molecular complexity index is 728. The minimum Gasteiger partial charge on any atom is -0.436 e. The average Bonchev–Trinajstić information content (AvgIpc) is 2.90. The van der Waals surface area contributed by atoms with E-state index >= 15 is 0 Å². The summed E-state index contributed by atoms with van der Waals surface area (Å²) in [4.78, 5) is 4.58. The van der Waals surface area contributed by atoms with Gasteiger partial charge in [-0.1, -0.05) is 19.9 Å². The number of benzene rings is 2. The first-order chi connectivity index (χ1) is 9.67. The summed E-state index contributed by atoms with van der Waals surface area (Å²) >= 11 is 0. The summed E-state index contributed by atoms with van der Waals surface area (Å²) < 4.78 is 5.81. The van der Waals surface area contributed by atoms with E-state index in [2.05, 4.69) is 31.0 Å². The summed E-state index contributed by atoms with van der Waals surface area (Å²) in [5.41, 5.74) is 10.4. The van der Waals surface area contributed by atoms with Crippen molar-refractivity contribution in [2.24, 2.45) is 0 Å². The number of fused-ring (bicyclic) bond motifs is 1. The van der Waals surface area contributed by atoms with Crippen LogP contribution >= 0.6 is 0 Å². The zero-order valence-corrected chi connectivity index (χ0v) is 11.8. The molecule has 102 valence electrons. The van der Waals surface area contributed by atoms with E-state index in [1.54, 1.807) is 0 Å². The fraction of sp³-hybridized carbons (Fsp3) is 0.235. The number of hydrogen-bond acceptors (Lipinski definition) is 3. The van der Waals surface area contributed by atoms with Gasteiger partial charge < -0.3 is 10.2 Å². The maximum Gasteiger partial charge on any atom is 0.227 e. The quantitative estimate of drug-likeness (QED) is 0.705. The van der Waals surface area contributed by atoms with Crippen molar-refractivity contribution in [1.29, 1.82) is 0 Å². The molecule has 0 bridgehead atoms. The highest BCUT2D eigenvalue weighted by molar-refractivity contribution is 5.77. The van der Waals surface area contributed by atoms with Crippen LogP contribution < -0.4 is 5.73 Å². The van der Waals surface area contributed by atoms with Gasteiger partial charge in [-0.05, 0) is 54.3 Å². The number of rotatable bonds is 3. The molecule has 0 fully saturated rings. The number of hydrogen-bond donors (Lipinski definition) is 1. The van der Waals surface area contributed by atoms with Gasteiger partial charge in [0.1, 0.15) is 5.52 Å². The van der Waals surface area contributed by atoms with Crippen LogP contribution in [0.4, 0.5) is 5.69 Å². The van der Waals surface area contributed by atoms with E-state index in [0.29, 0.717) is 11.8 Å². The zero-order valence-electron chi connectivity index (χ0n) is 11.8. The minimum atomic E-state index is 0.538. The summed E-state index contributed by atoms with van der Waals surface area (Å²) in [5.74, 6) is 1.18. The maximum atomic E-state index is 5.81. The molecule has 0 saturated heterocycles. The molecule has 0 aliphatic rings. The summed E-state index contributed by atoms with van der Waals surface area (Å²) in [6, 6.07) is 13.8. The fourth-order valence-electron chi connectivity index (χ4n) is 2.24. The number of aromatic nitrogens is 1. The smallest absolute Gasteiger partial charge is 0.227 e. The van der Waals surface area contributed by atoms with E-state index in [9.17, 15) is 0 Å². The highest BCUT2D eigenvalue weighted by Gasteiger charge is 2.10. The van der Waals surface area contributed by atoms with E-state index in [-0.39, 0.29) is 0 Å². The lowest BCUT2D eigenvalue weighted by molar-refractivity contribution is 0.619. The molecule has 0 spiro atoms. The average molecular weight is 266 g/mol. The van der Waals surface area contributed by atoms with Gasteiger partial charge in [-0.3, -0.25) is 0 Å². The lowest BCUT2D eigenvalue weighted by Gasteiger charge is -2.07. The molecule has 1 heterocycles. The standard InChI is InChI=1S/C17H18N2O/c1-3-11(2)13-6-9-16-15(10-13)19-17(20-16)12-4-7-14(18)8-5-12/h4-11H,3,18H2,1-2H3. The molecule has 2 N–H and O–H groups in total. The van der Waals surface area contributed by atoms with Crippen molar-refractivity contribution in [1.82, 2.24) is 4.98 Å². The Morgan fingerprint density at radius 2 is 1.90 bits per heavy atom. The molecule has 20 heavy (non-hydrogen) atoms. The van der Waals surface area contributed by atoms with Crippen molar-refractivity contribution in [3.8, 4) is 11.5 Å². The molecule has 3 rings (SSSR count). The highest BCUT2D eigenvalue weighted by Crippen LogP contribution is 2.28. The van der Waals surface area contributed by atoms with E-state index in [1.165, 1.54) is 5.56 Å². The second-order valence-corrected chi connectivity index (χ2v) is 5.18. The normalized spacial score (nSPS) is 12.7. The Hall–Kier alpha value is -2.29. The summed E-state index contributed by atoms with van der Waals surface area (Å²) in [6.07, 6.45) is 1.12. The summed E-state index contributed by atoms with van der Waals surface area (Å²) in [6.45, 7) is 4.42. The van der Waals surface area contributed by atoms with Gasteiger partial charge in [-0.25, -0.2) is 4.98 Å². The summed E-state index contributed by atoms with van der Waals surface area (Å²) in [5, 5.41) is 0. The van der Waals surface area contributed by atoms with Gasteiger partial charge in [-0.15, -0.1) is 0 Å². The Balaban J connectivity index is 2.04. The molecule has 0 aliphatic carbocycles. The molecule has 0 amide bonds. The van der Waals surface area contributed by atoms with Crippen LogP contribution in [0, 0.1) is 0 Å². The number of nitrogens with two attached hydrogens (primary N) is 1. The highest BCUT2D eigenvalue weighted by atomic mass is 16.3. The van der Waals surface area contributed by atoms with Crippen LogP contribution in [0.1, 0.15) is 31.7 Å². The van der Waals surface area contributed by atoms with Crippen LogP contribution in [0.3, 0.4) is 0 Å². The largest absolute Gasteiger partial charge is 0.436 e. The van der Waals surface area contributed by atoms with Crippen molar-refractivity contribution in [2.75, 3.05) is 5.73 Å². The van der Waals surface area contributed by atoms with E-state index in [4.69, 9.17) is 10.2 Å². The predicted octanol–water partition coefficient (Wildman–Crippen LogP) is 4.59. The van der Waals surface area contributed by atoms with E-state index < -0.39 is 0 Å². The van der Waals surface area contributed by atoms with E-state index in [0.717, 1.165) is 28.8 Å². The molecule has 3 heteroatoms. The Morgan fingerprint density at radius 3 is 2.60 bits per heavy atom. The SMILES string of the molecule is CCC(C)c1ccc2oc(-c3ccc(N)cc3)nc2c1. The molecule has 3 nitrogen and oxygen atoms in total. The Morgan fingerprint density at radius 1 is 1.15 bits per heavy atom. The molecule has 2 aromatic carbocycles. The van der Waals surface area contributed by atoms with Crippen molar-refractivity contribution in [2.45, 2.75) is 26.2 Å². The fourth-order valence-corrected chi connectivity index (χ4v) is 2.24. The van der Waals surface area contributed by atoms with Gasteiger partial charge in [0.2, 0.25) is 5.89 Å². The van der Waals surface area contributed by atoms with Crippen LogP contribution in [-0.4, -0.2) is 4.98 Å². The van der Waals surface area contributed by atoms with Gasteiger partial charge in [0.25, 0.3) is 0 Å². The van der Waals surface area contributed by atoms with E-state index in [1.807, 2.05) is 30.3 Å². The first-order valence-electron chi connectivity index (χ1n) is 6.93. The summed E-state index contributed by atoms with van der Waals surface area (Å²) in [7, 11) is 0. The lowest BCUT2D eigenvalue weighted by Crippen LogP contribution is -1.90. The molecule has 0 radical (unpaired) electrons. The van der Waals surface area contributed by atoms with Crippen molar-refractivity contribution >= 4 is 16.8 Å². The molecule has 1 atom stereocenters. The molecular weight excluding hydrogens is 248 g/mol. The van der Waals surface area contributed by atoms with Crippen LogP contribution in [0.2, 0.25) is 0 Å². The minimum absolute atomic E-state index is 0.538. The topological polar surface area (TPSA) is 52.0 Å². The lowest BCUT2D eigenvalue weighted by atomic mass is 9.98. The van der Waals surface area contributed by atoms with Crippen molar-refractivity contribution < 1.29 is 4.42 Å². The van der Waals surface area contributed by atoms with Crippen LogP contribution in [-0.2, 0) is 0 Å². The molecular formula is C17H18N2O. The zero-order chi connectivity index (χ0) is 14.1. The van der Waals surface area contributed by atoms with Crippen molar-refractivity contribution in [3.05, 3.63) is 48.0 Å². The van der Waals surface area contributed by atoms with Gasteiger partial charge in [-0.2, -0.15) is 0 Å². The first-order valence-corrected chi connectivity index (χ1v) is 6.93. The third-order valence-electron chi connectivity index (χ3n) is 3.75. The second kappa shape index (κ2) is 5.00. The van der Waals surface area contributed by atoms with Crippen LogP contribution in [0.15, 0.2) is 46.9 Å². The van der Waals surface area contributed by atoms with Crippen molar-refractivity contribution in [3.63, 3.8) is 0 Å². The molecule has 0 aliphatic heterocycles. The number of nitrogen functional groups attached to an aromatic ring is 1. The van der Waals surface area contributed by atoms with Crippen LogP contribution in [0.5, 0.6) is 0 Å². The first kappa shape index (κ1) is 12.7. The maximum absolute atomic E-state index is 5.81. The number of anilines is 1. The third-order valence-corrected chi connectivity index (χ3v) is 3.75. The van der Waals surface area contributed by atoms with Gasteiger partial charge in [0.15, 0.2) is 5.58 Å². The Kier molecular flexibility index (Phi) is 3.18. The molecule has 0 saturated carbocycles. The van der Waals surface area contributed by atoms with Crippen LogP contribution in [0.25, 0.3) is 22.6 Å². The second-order valence-electron chi connectivity index (χ2n) is 5.18. The number of oxazole rings is 1. The Labute approximate surface area is 118 Å². The molecule has 3 aromatic rings. The van der Waals surface area contributed by atoms with Gasteiger partial charge in [0.05, 0.1) is 0 Å². The third kappa shape index (κ3) is 2.27. The predicted molar refractivity (Wildman–Crippen MR) is 82.6 cm³/mol. The van der Waals surface area contributed by atoms with Gasteiger partial charge >= 0.3 is 0 Å². The van der Waals surface area contributed by atoms with Gasteiger partial charge in [0, 0.05) is 11.3 Å². The molecule has 1 unspecified atom stereocenters. The number of nitrogens with zero attached hydrogens (tertiary/aromatic N) is 1. The molecule has 1 aromatic heterocycles. The monoisotopic (exact) mass is 266 g/mol.